The zero-order valence-electron chi connectivity index (χ0n) is 21.3. The maximum atomic E-state index is 7.30. The van der Waals surface area contributed by atoms with Crippen LogP contribution in [0.25, 0.3) is 0 Å². The first-order chi connectivity index (χ1) is 12.8. The van der Waals surface area contributed by atoms with E-state index >= 15 is 0 Å². The van der Waals surface area contributed by atoms with E-state index in [-0.39, 0.29) is 0 Å². The maximum Gasteiger partial charge on any atom is 0.200 e. The quantitative estimate of drug-likeness (QED) is 0.324. The molecule has 0 saturated heterocycles. The van der Waals surface area contributed by atoms with E-state index in [4.69, 9.17) is 8.85 Å². The second kappa shape index (κ2) is 10.6. The van der Waals surface area contributed by atoms with Crippen molar-refractivity contribution >= 4 is 16.6 Å². The van der Waals surface area contributed by atoms with Crippen LogP contribution in [-0.2, 0) is 8.85 Å². The summed E-state index contributed by atoms with van der Waals surface area (Å²) in [5.41, 5.74) is 3.82. The lowest BCUT2D eigenvalue weighted by Crippen LogP contribution is -2.57. The van der Waals surface area contributed by atoms with Gasteiger partial charge in [0.1, 0.15) is 0 Å². The molecule has 28 heavy (non-hydrogen) atoms. The highest BCUT2D eigenvalue weighted by Gasteiger charge is 2.51. The Hall–Kier alpha value is 0.354. The summed E-state index contributed by atoms with van der Waals surface area (Å²) >= 11 is 0. The lowest BCUT2D eigenvalue weighted by atomic mass is 9.95. The third-order valence-electron chi connectivity index (χ3n) is 7.77. The number of hydrogen-bond donors (Lipinski definition) is 0. The molecule has 2 nitrogen and oxygen atoms in total. The summed E-state index contributed by atoms with van der Waals surface area (Å²) < 4.78 is 14.6. The van der Waals surface area contributed by atoms with Crippen LogP contribution in [0.5, 0.6) is 0 Å². The summed E-state index contributed by atoms with van der Waals surface area (Å²) in [4.78, 5) is 0. The van der Waals surface area contributed by atoms with Crippen molar-refractivity contribution in [2.75, 3.05) is 0 Å². The van der Waals surface area contributed by atoms with Crippen molar-refractivity contribution in [3.05, 3.63) is 0 Å². The average Bonchev–Trinajstić information content (AvgIpc) is 2.56. The summed E-state index contributed by atoms with van der Waals surface area (Å²) in [6.07, 6.45) is 5.56. The topological polar surface area (TPSA) is 18.5 Å². The predicted octanol–water partition coefficient (Wildman–Crippen LogP) is 8.68. The average molecular weight is 429 g/mol. The Morgan fingerprint density at radius 1 is 0.464 bits per heavy atom. The van der Waals surface area contributed by atoms with Gasteiger partial charge in [-0.25, -0.2) is 0 Å². The lowest BCUT2D eigenvalue weighted by molar-refractivity contribution is 0.00223. The predicted molar refractivity (Wildman–Crippen MR) is 130 cm³/mol. The molecule has 1 aliphatic rings. The van der Waals surface area contributed by atoms with Gasteiger partial charge in [0, 0.05) is 0 Å². The van der Waals surface area contributed by atoms with Crippen molar-refractivity contribution in [3.63, 3.8) is 0 Å². The van der Waals surface area contributed by atoms with Gasteiger partial charge in [-0.3, -0.25) is 0 Å². The molecule has 0 radical (unpaired) electrons. The molecule has 0 spiro atoms. The molecule has 1 fully saturated rings. The highest BCUT2D eigenvalue weighted by atomic mass is 28.4. The minimum Gasteiger partial charge on any atom is -0.411 e. The third-order valence-corrected chi connectivity index (χ3v) is 20.0. The summed E-state index contributed by atoms with van der Waals surface area (Å²) in [5.74, 6) is 0. The monoisotopic (exact) mass is 428 g/mol. The van der Waals surface area contributed by atoms with E-state index in [2.05, 4.69) is 83.1 Å². The van der Waals surface area contributed by atoms with Gasteiger partial charge in [0.2, 0.25) is 16.6 Å². The molecular weight excluding hydrogens is 376 g/mol. The van der Waals surface area contributed by atoms with Crippen molar-refractivity contribution < 1.29 is 8.85 Å². The fraction of sp³-hybridized carbons (Fsp3) is 1.00. The van der Waals surface area contributed by atoms with E-state index in [0.29, 0.717) is 45.5 Å². The smallest absolute Gasteiger partial charge is 0.200 e. The van der Waals surface area contributed by atoms with E-state index in [1.807, 2.05) is 0 Å². The van der Waals surface area contributed by atoms with Gasteiger partial charge in [0.05, 0.1) is 12.2 Å². The van der Waals surface area contributed by atoms with Crippen molar-refractivity contribution in [3.8, 4) is 0 Å². The van der Waals surface area contributed by atoms with Crippen LogP contribution in [0.3, 0.4) is 0 Å². The standard InChI is InChI=1S/C24H52O2Si2/c1-17(2)27(18(3)4,19(5)6)25-23-15-13-14-16-24(23)26-28(20(7)8,21(9)10)22(11)12/h17-24H,13-16H2,1-12H3/t23-,24-/m0/s1. The molecule has 0 unspecified atom stereocenters. The Kier molecular flexibility index (Phi) is 9.98. The Morgan fingerprint density at radius 2 is 0.679 bits per heavy atom. The van der Waals surface area contributed by atoms with Crippen LogP contribution in [0, 0.1) is 0 Å². The molecular formula is C24H52O2Si2. The van der Waals surface area contributed by atoms with Crippen LogP contribution >= 0.6 is 0 Å². The molecule has 0 aromatic rings. The fourth-order valence-corrected chi connectivity index (χ4v) is 17.9. The zero-order valence-corrected chi connectivity index (χ0v) is 23.3. The van der Waals surface area contributed by atoms with E-state index in [1.54, 1.807) is 0 Å². The molecule has 1 rings (SSSR count). The second-order valence-electron chi connectivity index (χ2n) is 11.2. The van der Waals surface area contributed by atoms with Gasteiger partial charge < -0.3 is 8.85 Å². The summed E-state index contributed by atoms with van der Waals surface area (Å²) in [5, 5.41) is 0. The van der Waals surface area contributed by atoms with E-state index in [9.17, 15) is 0 Å². The van der Waals surface area contributed by atoms with Crippen LogP contribution in [0.2, 0.25) is 33.2 Å². The summed E-state index contributed by atoms with van der Waals surface area (Å²) in [6, 6.07) is 0. The number of hydrogen-bond acceptors (Lipinski definition) is 2. The number of rotatable bonds is 10. The minimum atomic E-state index is -1.88. The Bertz CT molecular complexity index is 372. The molecule has 0 heterocycles. The van der Waals surface area contributed by atoms with Crippen LogP contribution in [0.4, 0.5) is 0 Å². The van der Waals surface area contributed by atoms with Gasteiger partial charge in [-0.05, 0) is 46.1 Å². The third kappa shape index (κ3) is 5.15. The van der Waals surface area contributed by atoms with E-state index in [0.717, 1.165) is 0 Å². The minimum absolute atomic E-state index is 0.302. The Morgan fingerprint density at radius 3 is 0.857 bits per heavy atom. The molecule has 0 amide bonds. The van der Waals surface area contributed by atoms with Crippen LogP contribution < -0.4 is 0 Å². The molecule has 0 aromatic carbocycles. The molecule has 0 aliphatic heterocycles. The van der Waals surface area contributed by atoms with Gasteiger partial charge in [0.25, 0.3) is 0 Å². The Labute approximate surface area is 179 Å². The first kappa shape index (κ1) is 26.4. The van der Waals surface area contributed by atoms with E-state index < -0.39 is 16.6 Å². The van der Waals surface area contributed by atoms with Crippen LogP contribution in [-0.4, -0.2) is 28.8 Å². The molecule has 1 aliphatic carbocycles. The van der Waals surface area contributed by atoms with Crippen molar-refractivity contribution in [2.45, 2.75) is 154 Å². The normalized spacial score (nSPS) is 22.5. The lowest BCUT2D eigenvalue weighted by Gasteiger charge is -2.50. The van der Waals surface area contributed by atoms with E-state index in [1.165, 1.54) is 25.7 Å². The Balaban J connectivity index is 3.24. The first-order valence-corrected chi connectivity index (χ1v) is 16.5. The molecule has 2 atom stereocenters. The van der Waals surface area contributed by atoms with Gasteiger partial charge in [-0.2, -0.15) is 0 Å². The van der Waals surface area contributed by atoms with Crippen molar-refractivity contribution in [1.29, 1.82) is 0 Å². The molecule has 4 heteroatoms. The van der Waals surface area contributed by atoms with Gasteiger partial charge >= 0.3 is 0 Å². The van der Waals surface area contributed by atoms with Gasteiger partial charge in [-0.15, -0.1) is 0 Å². The summed E-state index contributed by atoms with van der Waals surface area (Å²) in [6.45, 7) is 28.8. The molecule has 168 valence electrons. The zero-order chi connectivity index (χ0) is 21.9. The van der Waals surface area contributed by atoms with Crippen molar-refractivity contribution in [1.82, 2.24) is 0 Å². The highest BCUT2D eigenvalue weighted by Crippen LogP contribution is 2.47. The highest BCUT2D eigenvalue weighted by molar-refractivity contribution is 6.78. The largest absolute Gasteiger partial charge is 0.411 e. The second-order valence-corrected chi connectivity index (χ2v) is 22.0. The molecule has 0 aromatic heterocycles. The molecule has 0 bridgehead atoms. The molecule has 0 N–H and O–H groups in total. The fourth-order valence-electron chi connectivity index (χ4n) is 6.67. The van der Waals surface area contributed by atoms with Crippen LogP contribution in [0.15, 0.2) is 0 Å². The van der Waals surface area contributed by atoms with Gasteiger partial charge in [0.15, 0.2) is 0 Å². The molecule has 1 saturated carbocycles. The SMILES string of the molecule is CC(C)[Si](O[C@H]1CCCC[C@@H]1O[Si](C(C)C)(C(C)C)C(C)C)(C(C)C)C(C)C. The van der Waals surface area contributed by atoms with Crippen molar-refractivity contribution in [2.24, 2.45) is 0 Å². The van der Waals surface area contributed by atoms with Gasteiger partial charge in [-0.1, -0.05) is 95.9 Å². The maximum absolute atomic E-state index is 7.30. The first-order valence-electron chi connectivity index (χ1n) is 12.2. The van der Waals surface area contributed by atoms with Crippen LogP contribution in [0.1, 0.15) is 109 Å². The summed E-state index contributed by atoms with van der Waals surface area (Å²) in [7, 11) is -3.76.